The van der Waals surface area contributed by atoms with Gasteiger partial charge in [0.15, 0.2) is 0 Å². The van der Waals surface area contributed by atoms with E-state index in [2.05, 4.69) is 15.9 Å². The lowest BCUT2D eigenvalue weighted by Crippen LogP contribution is -1.97. The Hall–Kier alpha value is -0.900. The van der Waals surface area contributed by atoms with Crippen LogP contribution in [-0.2, 0) is 18.0 Å². The van der Waals surface area contributed by atoms with Crippen LogP contribution >= 0.6 is 27.5 Å². The number of rotatable bonds is 4. The summed E-state index contributed by atoms with van der Waals surface area (Å²) in [6.45, 7) is 0.597. The number of halogens is 3. The van der Waals surface area contributed by atoms with Gasteiger partial charge < -0.3 is 4.74 Å². The normalized spacial score (nSPS) is 10.6. The summed E-state index contributed by atoms with van der Waals surface area (Å²) in [5.74, 6) is -0.275. The summed E-state index contributed by atoms with van der Waals surface area (Å²) in [4.78, 5) is 0. The fourth-order valence-electron chi connectivity index (χ4n) is 1.53. The van der Waals surface area contributed by atoms with Crippen molar-refractivity contribution in [2.24, 2.45) is 0 Å². The third-order valence-electron chi connectivity index (χ3n) is 2.49. The summed E-state index contributed by atoms with van der Waals surface area (Å²) < 4.78 is 19.7. The molecule has 0 fully saturated rings. The molecule has 94 valence electrons. The summed E-state index contributed by atoms with van der Waals surface area (Å²) in [6, 6.07) is 12.4. The molecule has 2 rings (SSSR count). The smallest absolute Gasteiger partial charge is 0.129 e. The number of hydrogen-bond donors (Lipinski definition) is 0. The summed E-state index contributed by atoms with van der Waals surface area (Å²) >= 11 is 9.21. The van der Waals surface area contributed by atoms with E-state index < -0.39 is 0 Å². The van der Waals surface area contributed by atoms with E-state index in [1.54, 1.807) is 18.2 Å². The Balaban J connectivity index is 1.95. The maximum absolute atomic E-state index is 13.5. The van der Waals surface area contributed by atoms with Crippen LogP contribution in [0.3, 0.4) is 0 Å². The first-order chi connectivity index (χ1) is 8.66. The topological polar surface area (TPSA) is 9.23 Å². The molecule has 0 aliphatic carbocycles. The molecule has 0 aliphatic rings. The van der Waals surface area contributed by atoms with Gasteiger partial charge in [0.2, 0.25) is 0 Å². The zero-order valence-electron chi connectivity index (χ0n) is 9.50. The Morgan fingerprint density at radius 3 is 2.50 bits per heavy atom. The SMILES string of the molecule is Fc1cc(Br)ccc1COCc1ccccc1Cl. The predicted molar refractivity (Wildman–Crippen MR) is 74.0 cm³/mol. The molecule has 0 aromatic heterocycles. The third-order valence-corrected chi connectivity index (χ3v) is 3.35. The monoisotopic (exact) mass is 328 g/mol. The highest BCUT2D eigenvalue weighted by Gasteiger charge is 2.04. The largest absolute Gasteiger partial charge is 0.372 e. The van der Waals surface area contributed by atoms with E-state index >= 15 is 0 Å². The lowest BCUT2D eigenvalue weighted by Gasteiger charge is -2.07. The first-order valence-electron chi connectivity index (χ1n) is 5.42. The minimum absolute atomic E-state index is 0.227. The lowest BCUT2D eigenvalue weighted by molar-refractivity contribution is 0.105. The Morgan fingerprint density at radius 2 is 1.78 bits per heavy atom. The van der Waals surface area contributed by atoms with Crippen LogP contribution in [0, 0.1) is 5.82 Å². The van der Waals surface area contributed by atoms with Gasteiger partial charge in [-0.05, 0) is 23.8 Å². The Bertz CT molecular complexity index is 545. The highest BCUT2D eigenvalue weighted by molar-refractivity contribution is 9.10. The van der Waals surface area contributed by atoms with E-state index in [-0.39, 0.29) is 12.4 Å². The van der Waals surface area contributed by atoms with Gasteiger partial charge >= 0.3 is 0 Å². The predicted octanol–water partition coefficient (Wildman–Crippen LogP) is 4.96. The molecule has 2 aromatic rings. The van der Waals surface area contributed by atoms with Gasteiger partial charge in [-0.3, -0.25) is 0 Å². The second-order valence-corrected chi connectivity index (χ2v) is 5.14. The highest BCUT2D eigenvalue weighted by atomic mass is 79.9. The second kappa shape index (κ2) is 6.32. The number of hydrogen-bond acceptors (Lipinski definition) is 1. The van der Waals surface area contributed by atoms with Crippen molar-refractivity contribution in [3.63, 3.8) is 0 Å². The molecular formula is C14H11BrClFO. The van der Waals surface area contributed by atoms with Crippen LogP contribution in [0.15, 0.2) is 46.9 Å². The first-order valence-corrected chi connectivity index (χ1v) is 6.59. The summed E-state index contributed by atoms with van der Waals surface area (Å²) in [7, 11) is 0. The van der Waals surface area contributed by atoms with Gasteiger partial charge in [-0.1, -0.05) is 51.8 Å². The average Bonchev–Trinajstić information content (AvgIpc) is 2.34. The Kier molecular flexibility index (Phi) is 4.75. The summed E-state index contributed by atoms with van der Waals surface area (Å²) in [5, 5.41) is 0.661. The van der Waals surface area contributed by atoms with E-state index in [0.29, 0.717) is 17.2 Å². The molecule has 0 unspecified atom stereocenters. The lowest BCUT2D eigenvalue weighted by atomic mass is 10.2. The third kappa shape index (κ3) is 3.55. The van der Waals surface area contributed by atoms with Crippen LogP contribution in [0.5, 0.6) is 0 Å². The van der Waals surface area contributed by atoms with Crippen molar-refractivity contribution in [3.05, 3.63) is 68.9 Å². The van der Waals surface area contributed by atoms with Crippen molar-refractivity contribution in [3.8, 4) is 0 Å². The minimum atomic E-state index is -0.275. The first kappa shape index (κ1) is 13.5. The molecule has 0 heterocycles. The molecule has 4 heteroatoms. The van der Waals surface area contributed by atoms with E-state index in [9.17, 15) is 4.39 Å². The van der Waals surface area contributed by atoms with Crippen molar-refractivity contribution in [2.45, 2.75) is 13.2 Å². The van der Waals surface area contributed by atoms with Crippen molar-refractivity contribution < 1.29 is 9.13 Å². The van der Waals surface area contributed by atoms with E-state index in [1.165, 1.54) is 6.07 Å². The van der Waals surface area contributed by atoms with Crippen LogP contribution < -0.4 is 0 Å². The van der Waals surface area contributed by atoms with Crippen molar-refractivity contribution >= 4 is 27.5 Å². The van der Waals surface area contributed by atoms with Gasteiger partial charge in [0, 0.05) is 15.1 Å². The maximum atomic E-state index is 13.5. The molecule has 0 saturated heterocycles. The molecule has 0 atom stereocenters. The summed E-state index contributed by atoms with van der Waals surface area (Å²) in [5.41, 5.74) is 1.43. The van der Waals surface area contributed by atoms with Crippen LogP contribution in [0.1, 0.15) is 11.1 Å². The van der Waals surface area contributed by atoms with Crippen LogP contribution in [-0.4, -0.2) is 0 Å². The second-order valence-electron chi connectivity index (χ2n) is 3.82. The van der Waals surface area contributed by atoms with Crippen molar-refractivity contribution in [2.75, 3.05) is 0 Å². The number of ether oxygens (including phenoxy) is 1. The van der Waals surface area contributed by atoms with Gasteiger partial charge in [-0.25, -0.2) is 4.39 Å². The molecule has 18 heavy (non-hydrogen) atoms. The van der Waals surface area contributed by atoms with Crippen molar-refractivity contribution in [1.29, 1.82) is 0 Å². The molecule has 0 N–H and O–H groups in total. The minimum Gasteiger partial charge on any atom is -0.372 e. The van der Waals surface area contributed by atoms with Gasteiger partial charge in [0.05, 0.1) is 13.2 Å². The van der Waals surface area contributed by atoms with E-state index in [4.69, 9.17) is 16.3 Å². The Labute approximate surface area is 119 Å². The maximum Gasteiger partial charge on any atom is 0.129 e. The fourth-order valence-corrected chi connectivity index (χ4v) is 2.05. The molecule has 0 bridgehead atoms. The molecular weight excluding hydrogens is 319 g/mol. The molecule has 0 amide bonds. The molecule has 0 saturated carbocycles. The zero-order chi connectivity index (χ0) is 13.0. The average molecular weight is 330 g/mol. The van der Waals surface area contributed by atoms with Gasteiger partial charge in [-0.2, -0.15) is 0 Å². The van der Waals surface area contributed by atoms with Crippen molar-refractivity contribution in [1.82, 2.24) is 0 Å². The number of benzene rings is 2. The molecule has 0 radical (unpaired) electrons. The zero-order valence-corrected chi connectivity index (χ0v) is 11.8. The quantitative estimate of drug-likeness (QED) is 0.770. The summed E-state index contributed by atoms with van der Waals surface area (Å²) in [6.07, 6.45) is 0. The molecule has 0 aliphatic heterocycles. The van der Waals surface area contributed by atoms with Gasteiger partial charge in [0.25, 0.3) is 0 Å². The van der Waals surface area contributed by atoms with Gasteiger partial charge in [0.1, 0.15) is 5.82 Å². The highest BCUT2D eigenvalue weighted by Crippen LogP contribution is 2.18. The standard InChI is InChI=1S/C14H11BrClFO/c15-12-6-5-11(14(17)7-12)9-18-8-10-3-1-2-4-13(10)16/h1-7H,8-9H2. The van der Waals surface area contributed by atoms with Crippen LogP contribution in [0.25, 0.3) is 0 Å². The van der Waals surface area contributed by atoms with Crippen LogP contribution in [0.4, 0.5) is 4.39 Å². The fraction of sp³-hybridized carbons (Fsp3) is 0.143. The Morgan fingerprint density at radius 1 is 1.06 bits per heavy atom. The molecule has 2 aromatic carbocycles. The molecule has 0 spiro atoms. The van der Waals surface area contributed by atoms with E-state index in [0.717, 1.165) is 10.0 Å². The molecule has 1 nitrogen and oxygen atoms in total. The van der Waals surface area contributed by atoms with Gasteiger partial charge in [-0.15, -0.1) is 0 Å². The van der Waals surface area contributed by atoms with Crippen LogP contribution in [0.2, 0.25) is 5.02 Å². The van der Waals surface area contributed by atoms with E-state index in [1.807, 2.05) is 18.2 Å².